The third-order valence-corrected chi connectivity index (χ3v) is 3.46. The van der Waals surface area contributed by atoms with Crippen LogP contribution in [0.1, 0.15) is 0 Å². The van der Waals surface area contributed by atoms with Crippen LogP contribution in [0.3, 0.4) is 0 Å². The van der Waals surface area contributed by atoms with Gasteiger partial charge in [0.1, 0.15) is 0 Å². The summed E-state index contributed by atoms with van der Waals surface area (Å²) < 4.78 is 22.3. The summed E-state index contributed by atoms with van der Waals surface area (Å²) in [6, 6.07) is 9.56. The number of sulfone groups is 1. The minimum Gasteiger partial charge on any atom is -0.358 e. The van der Waals surface area contributed by atoms with E-state index in [1.807, 2.05) is 30.3 Å². The van der Waals surface area contributed by atoms with Gasteiger partial charge in [-0.1, -0.05) is 18.2 Å². The first-order chi connectivity index (χ1) is 6.66. The van der Waals surface area contributed by atoms with Crippen molar-refractivity contribution in [3.05, 3.63) is 42.1 Å². The molecule has 0 spiro atoms. The van der Waals surface area contributed by atoms with Crippen molar-refractivity contribution in [2.24, 2.45) is 0 Å². The van der Waals surface area contributed by atoms with Gasteiger partial charge in [-0.25, -0.2) is 8.42 Å². The van der Waals surface area contributed by atoms with E-state index in [0.717, 1.165) is 11.4 Å². The van der Waals surface area contributed by atoms with Gasteiger partial charge in [-0.05, 0) is 18.2 Å². The van der Waals surface area contributed by atoms with Crippen molar-refractivity contribution in [1.82, 2.24) is 0 Å². The molecule has 0 bridgehead atoms. The normalized spacial score (nSPS) is 19.0. The molecule has 1 aliphatic heterocycles. The molecule has 1 aromatic rings. The zero-order chi connectivity index (χ0) is 10.0. The Labute approximate surface area is 83.4 Å². The maximum Gasteiger partial charge on any atom is 0.159 e. The highest BCUT2D eigenvalue weighted by atomic mass is 32.2. The van der Waals surface area contributed by atoms with Crippen molar-refractivity contribution in [3.8, 4) is 0 Å². The topological polar surface area (TPSA) is 46.2 Å². The zero-order valence-electron chi connectivity index (χ0n) is 7.60. The maximum absolute atomic E-state index is 11.1. The van der Waals surface area contributed by atoms with Crippen LogP contribution in [0.4, 0.5) is 5.69 Å². The Morgan fingerprint density at radius 2 is 1.86 bits per heavy atom. The third-order valence-electron chi connectivity index (χ3n) is 2.04. The van der Waals surface area contributed by atoms with Gasteiger partial charge in [-0.15, -0.1) is 0 Å². The second-order valence-electron chi connectivity index (χ2n) is 3.27. The van der Waals surface area contributed by atoms with Crippen molar-refractivity contribution in [2.75, 3.05) is 16.8 Å². The van der Waals surface area contributed by atoms with Crippen molar-refractivity contribution < 1.29 is 8.42 Å². The lowest BCUT2D eigenvalue weighted by Gasteiger charge is -2.05. The fourth-order valence-corrected chi connectivity index (χ4v) is 2.61. The highest BCUT2D eigenvalue weighted by Crippen LogP contribution is 2.15. The minimum atomic E-state index is -2.87. The van der Waals surface area contributed by atoms with E-state index < -0.39 is 9.84 Å². The Balaban J connectivity index is 2.08. The molecule has 3 nitrogen and oxygen atoms in total. The Bertz CT molecular complexity index is 448. The van der Waals surface area contributed by atoms with Gasteiger partial charge >= 0.3 is 0 Å². The van der Waals surface area contributed by atoms with Crippen molar-refractivity contribution in [1.29, 1.82) is 0 Å². The molecule has 14 heavy (non-hydrogen) atoms. The number of para-hydroxylation sites is 1. The van der Waals surface area contributed by atoms with Gasteiger partial charge in [0.05, 0.1) is 11.5 Å². The molecule has 1 heterocycles. The highest BCUT2D eigenvalue weighted by molar-refractivity contribution is 7.92. The molecule has 0 aliphatic carbocycles. The standard InChI is InChI=1S/C10H11NO2S/c12-14(13)7-6-10(8-14)11-9-4-2-1-3-5-9/h1-6,11H,7-8H2. The Hall–Kier alpha value is -1.29. The summed E-state index contributed by atoms with van der Waals surface area (Å²) in [7, 11) is -2.87. The quantitative estimate of drug-likeness (QED) is 0.801. The number of anilines is 1. The average molecular weight is 209 g/mol. The van der Waals surface area contributed by atoms with Crippen LogP contribution in [0.25, 0.3) is 0 Å². The van der Waals surface area contributed by atoms with E-state index in [2.05, 4.69) is 5.32 Å². The molecule has 0 radical (unpaired) electrons. The summed E-state index contributed by atoms with van der Waals surface area (Å²) in [6.45, 7) is 0. The largest absolute Gasteiger partial charge is 0.358 e. The van der Waals surface area contributed by atoms with E-state index in [9.17, 15) is 8.42 Å². The molecule has 74 valence electrons. The number of benzene rings is 1. The summed E-state index contributed by atoms with van der Waals surface area (Å²) in [4.78, 5) is 0. The number of hydrogen-bond donors (Lipinski definition) is 1. The lowest BCUT2D eigenvalue weighted by Crippen LogP contribution is -2.07. The SMILES string of the molecule is O=S1(=O)CC=C(Nc2ccccc2)C1. The lowest BCUT2D eigenvalue weighted by molar-refractivity contribution is 0.603. The molecule has 0 saturated heterocycles. The van der Waals surface area contributed by atoms with Gasteiger partial charge in [0.15, 0.2) is 9.84 Å². The summed E-state index contributed by atoms with van der Waals surface area (Å²) in [5.74, 6) is 0.282. The fourth-order valence-electron chi connectivity index (χ4n) is 1.38. The van der Waals surface area contributed by atoms with Crippen LogP contribution < -0.4 is 5.32 Å². The Morgan fingerprint density at radius 1 is 1.14 bits per heavy atom. The molecule has 1 aliphatic rings. The third kappa shape index (κ3) is 2.14. The summed E-state index contributed by atoms with van der Waals surface area (Å²) >= 11 is 0. The first-order valence-corrected chi connectivity index (χ1v) is 6.19. The van der Waals surface area contributed by atoms with Crippen LogP contribution in [0, 0.1) is 0 Å². The first-order valence-electron chi connectivity index (χ1n) is 4.37. The molecule has 0 aromatic heterocycles. The second-order valence-corrected chi connectivity index (χ2v) is 5.38. The second kappa shape index (κ2) is 3.46. The van der Waals surface area contributed by atoms with E-state index in [1.54, 1.807) is 6.08 Å². The van der Waals surface area contributed by atoms with Crippen LogP contribution in [0.5, 0.6) is 0 Å². The monoisotopic (exact) mass is 209 g/mol. The number of rotatable bonds is 2. The molecule has 1 aromatic carbocycles. The van der Waals surface area contributed by atoms with Crippen LogP contribution in [-0.2, 0) is 9.84 Å². The van der Waals surface area contributed by atoms with Gasteiger partial charge in [0, 0.05) is 11.4 Å². The Morgan fingerprint density at radius 3 is 2.43 bits per heavy atom. The van der Waals surface area contributed by atoms with E-state index in [-0.39, 0.29) is 11.5 Å². The zero-order valence-corrected chi connectivity index (χ0v) is 8.42. The van der Waals surface area contributed by atoms with Gasteiger partial charge in [-0.3, -0.25) is 0 Å². The molecular weight excluding hydrogens is 198 g/mol. The predicted octanol–water partition coefficient (Wildman–Crippen LogP) is 1.41. The predicted molar refractivity (Wildman–Crippen MR) is 56.8 cm³/mol. The molecule has 0 amide bonds. The van der Waals surface area contributed by atoms with Crippen LogP contribution in [0.2, 0.25) is 0 Å². The molecule has 2 rings (SSSR count). The van der Waals surface area contributed by atoms with Gasteiger partial charge in [0.25, 0.3) is 0 Å². The van der Waals surface area contributed by atoms with E-state index in [0.29, 0.717) is 0 Å². The summed E-state index contributed by atoms with van der Waals surface area (Å²) in [6.07, 6.45) is 1.72. The molecule has 0 atom stereocenters. The van der Waals surface area contributed by atoms with E-state index >= 15 is 0 Å². The van der Waals surface area contributed by atoms with Gasteiger partial charge in [0.2, 0.25) is 0 Å². The molecule has 4 heteroatoms. The molecule has 1 N–H and O–H groups in total. The van der Waals surface area contributed by atoms with Crippen molar-refractivity contribution >= 4 is 15.5 Å². The number of hydrogen-bond acceptors (Lipinski definition) is 3. The van der Waals surface area contributed by atoms with Crippen molar-refractivity contribution in [3.63, 3.8) is 0 Å². The Kier molecular flexibility index (Phi) is 2.29. The fraction of sp³-hybridized carbons (Fsp3) is 0.200. The average Bonchev–Trinajstić information content (AvgIpc) is 2.47. The van der Waals surface area contributed by atoms with Crippen LogP contribution in [0.15, 0.2) is 42.1 Å². The lowest BCUT2D eigenvalue weighted by atomic mass is 10.3. The van der Waals surface area contributed by atoms with Gasteiger partial charge < -0.3 is 5.32 Å². The first kappa shape index (κ1) is 9.27. The van der Waals surface area contributed by atoms with Crippen molar-refractivity contribution in [2.45, 2.75) is 0 Å². The van der Waals surface area contributed by atoms with Gasteiger partial charge in [-0.2, -0.15) is 0 Å². The summed E-state index contributed by atoms with van der Waals surface area (Å²) in [5.41, 5.74) is 1.70. The minimum absolute atomic E-state index is 0.127. The van der Waals surface area contributed by atoms with E-state index in [1.165, 1.54) is 0 Å². The smallest absolute Gasteiger partial charge is 0.159 e. The van der Waals surface area contributed by atoms with Crippen LogP contribution >= 0.6 is 0 Å². The highest BCUT2D eigenvalue weighted by Gasteiger charge is 2.19. The van der Waals surface area contributed by atoms with E-state index in [4.69, 9.17) is 0 Å². The van der Waals surface area contributed by atoms with Crippen LogP contribution in [-0.4, -0.2) is 19.9 Å². The molecule has 0 fully saturated rings. The number of nitrogens with one attached hydrogen (secondary N) is 1. The summed E-state index contributed by atoms with van der Waals surface area (Å²) in [5, 5.41) is 3.08. The molecule has 0 saturated carbocycles. The maximum atomic E-state index is 11.1. The molecular formula is C10H11NO2S. The molecule has 0 unspecified atom stereocenters.